The molecule has 2 aromatic rings. The predicted octanol–water partition coefficient (Wildman–Crippen LogP) is 2.22. The molecule has 2 N–H and O–H groups in total. The first-order valence-corrected chi connectivity index (χ1v) is 7.01. The number of hydrogen-bond donors (Lipinski definition) is 2. The molecule has 2 atom stereocenters. The van der Waals surface area contributed by atoms with Crippen molar-refractivity contribution in [1.82, 2.24) is 10.3 Å². The fourth-order valence-corrected chi connectivity index (χ4v) is 2.90. The zero-order valence-electron chi connectivity index (χ0n) is 11.5. The zero-order chi connectivity index (χ0) is 14.8. The number of benzene rings is 1. The van der Waals surface area contributed by atoms with E-state index in [0.29, 0.717) is 24.8 Å². The monoisotopic (exact) mass is 284 g/mol. The predicted molar refractivity (Wildman–Crippen MR) is 78.0 cm³/mol. The highest BCUT2D eigenvalue weighted by Gasteiger charge is 2.30. The summed E-state index contributed by atoms with van der Waals surface area (Å²) in [6.07, 6.45) is 5.11. The van der Waals surface area contributed by atoms with E-state index in [9.17, 15) is 9.59 Å². The molecular formula is C16H16N2O3. The van der Waals surface area contributed by atoms with Crippen LogP contribution in [0.4, 0.5) is 0 Å². The van der Waals surface area contributed by atoms with Crippen LogP contribution in [-0.4, -0.2) is 28.0 Å². The number of carboxylic acids is 1. The van der Waals surface area contributed by atoms with Gasteiger partial charge in [0, 0.05) is 23.8 Å². The van der Waals surface area contributed by atoms with Gasteiger partial charge in [-0.2, -0.15) is 0 Å². The molecule has 1 aliphatic rings. The van der Waals surface area contributed by atoms with Crippen LogP contribution >= 0.6 is 0 Å². The fraction of sp³-hybridized carbons (Fsp3) is 0.312. The second kappa shape index (κ2) is 5.52. The minimum atomic E-state index is -0.779. The molecule has 5 nitrogen and oxygen atoms in total. The topological polar surface area (TPSA) is 79.3 Å². The van der Waals surface area contributed by atoms with Crippen LogP contribution in [0, 0.1) is 5.92 Å². The van der Waals surface area contributed by atoms with E-state index in [-0.39, 0.29) is 17.9 Å². The first-order chi connectivity index (χ1) is 10.1. The molecule has 0 radical (unpaired) electrons. The number of amides is 1. The fourth-order valence-electron chi connectivity index (χ4n) is 2.90. The van der Waals surface area contributed by atoms with E-state index in [1.54, 1.807) is 12.4 Å². The highest BCUT2D eigenvalue weighted by molar-refractivity contribution is 6.06. The number of fused-ring (bicyclic) bond motifs is 1. The van der Waals surface area contributed by atoms with Gasteiger partial charge < -0.3 is 10.4 Å². The highest BCUT2D eigenvalue weighted by atomic mass is 16.4. The Morgan fingerprint density at radius 1 is 1.19 bits per heavy atom. The van der Waals surface area contributed by atoms with Crippen molar-refractivity contribution in [2.75, 3.05) is 0 Å². The van der Waals surface area contributed by atoms with Gasteiger partial charge in [0.15, 0.2) is 0 Å². The van der Waals surface area contributed by atoms with Gasteiger partial charge in [-0.15, -0.1) is 0 Å². The van der Waals surface area contributed by atoms with Crippen LogP contribution in [0.25, 0.3) is 10.8 Å². The number of rotatable bonds is 3. The number of aliphatic carboxylic acids is 1. The molecule has 1 heterocycles. The SMILES string of the molecule is O=C(N[C@@H]1CC[C@H](C(=O)O)C1)c1cncc2ccccc12. The Hall–Kier alpha value is -2.43. The van der Waals surface area contributed by atoms with Gasteiger partial charge in [0.2, 0.25) is 0 Å². The Labute approximate surface area is 122 Å². The molecule has 1 fully saturated rings. The molecule has 0 spiro atoms. The lowest BCUT2D eigenvalue weighted by atomic mass is 10.1. The number of pyridine rings is 1. The summed E-state index contributed by atoms with van der Waals surface area (Å²) < 4.78 is 0. The highest BCUT2D eigenvalue weighted by Crippen LogP contribution is 2.26. The molecule has 1 aromatic carbocycles. The van der Waals surface area contributed by atoms with Gasteiger partial charge in [0.25, 0.3) is 5.91 Å². The molecule has 0 saturated heterocycles. The van der Waals surface area contributed by atoms with Crippen molar-refractivity contribution in [1.29, 1.82) is 0 Å². The summed E-state index contributed by atoms with van der Waals surface area (Å²) in [5.74, 6) is -1.31. The molecule has 1 amide bonds. The Kier molecular flexibility index (Phi) is 3.56. The normalized spacial score (nSPS) is 21.3. The van der Waals surface area contributed by atoms with Gasteiger partial charge in [0.05, 0.1) is 11.5 Å². The molecule has 5 heteroatoms. The number of carbonyl (C=O) groups is 2. The van der Waals surface area contributed by atoms with Crippen LogP contribution in [0.3, 0.4) is 0 Å². The van der Waals surface area contributed by atoms with E-state index in [1.807, 2.05) is 24.3 Å². The lowest BCUT2D eigenvalue weighted by Gasteiger charge is -2.13. The van der Waals surface area contributed by atoms with Crippen molar-refractivity contribution in [3.63, 3.8) is 0 Å². The number of nitrogens with one attached hydrogen (secondary N) is 1. The second-order valence-electron chi connectivity index (χ2n) is 5.43. The molecule has 108 valence electrons. The molecule has 0 unspecified atom stereocenters. The molecular weight excluding hydrogens is 268 g/mol. The summed E-state index contributed by atoms with van der Waals surface area (Å²) in [4.78, 5) is 27.4. The molecule has 0 aliphatic heterocycles. The van der Waals surface area contributed by atoms with Crippen LogP contribution in [0.5, 0.6) is 0 Å². The van der Waals surface area contributed by atoms with Gasteiger partial charge in [-0.1, -0.05) is 24.3 Å². The largest absolute Gasteiger partial charge is 0.481 e. The van der Waals surface area contributed by atoms with Crippen LogP contribution < -0.4 is 5.32 Å². The van der Waals surface area contributed by atoms with E-state index in [1.165, 1.54) is 0 Å². The van der Waals surface area contributed by atoms with Crippen molar-refractivity contribution in [3.05, 3.63) is 42.2 Å². The van der Waals surface area contributed by atoms with Gasteiger partial charge in [-0.3, -0.25) is 14.6 Å². The number of nitrogens with zero attached hydrogens (tertiary/aromatic N) is 1. The summed E-state index contributed by atoms with van der Waals surface area (Å²) in [6.45, 7) is 0. The third-order valence-corrected chi connectivity index (χ3v) is 4.03. The number of carbonyl (C=O) groups excluding carboxylic acids is 1. The first-order valence-electron chi connectivity index (χ1n) is 7.01. The smallest absolute Gasteiger partial charge is 0.306 e. The average molecular weight is 284 g/mol. The Morgan fingerprint density at radius 2 is 2.00 bits per heavy atom. The summed E-state index contributed by atoms with van der Waals surface area (Å²) in [7, 11) is 0. The van der Waals surface area contributed by atoms with Gasteiger partial charge in [-0.05, 0) is 24.6 Å². The summed E-state index contributed by atoms with van der Waals surface area (Å²) in [5, 5.41) is 13.7. The van der Waals surface area contributed by atoms with Crippen LogP contribution in [0.15, 0.2) is 36.7 Å². The molecule has 3 rings (SSSR count). The average Bonchev–Trinajstić information content (AvgIpc) is 2.95. The zero-order valence-corrected chi connectivity index (χ0v) is 11.5. The third-order valence-electron chi connectivity index (χ3n) is 4.03. The van der Waals surface area contributed by atoms with Gasteiger partial charge in [0.1, 0.15) is 0 Å². The summed E-state index contributed by atoms with van der Waals surface area (Å²) >= 11 is 0. The standard InChI is InChI=1S/C16H16N2O3/c19-15(18-12-6-5-10(7-12)16(20)21)14-9-17-8-11-3-1-2-4-13(11)14/h1-4,8-10,12H,5-7H2,(H,18,19)(H,20,21)/t10-,12+/m0/s1. The van der Waals surface area contributed by atoms with Crippen molar-refractivity contribution >= 4 is 22.6 Å². The number of carboxylic acid groups (broad SMARTS) is 1. The van der Waals surface area contributed by atoms with E-state index >= 15 is 0 Å². The van der Waals surface area contributed by atoms with E-state index in [0.717, 1.165) is 10.8 Å². The molecule has 1 aliphatic carbocycles. The van der Waals surface area contributed by atoms with Crippen LogP contribution in [0.2, 0.25) is 0 Å². The first kappa shape index (κ1) is 13.5. The van der Waals surface area contributed by atoms with E-state index in [4.69, 9.17) is 5.11 Å². The third kappa shape index (κ3) is 2.72. The van der Waals surface area contributed by atoms with Crippen LogP contribution in [0.1, 0.15) is 29.6 Å². The van der Waals surface area contributed by atoms with Gasteiger partial charge in [-0.25, -0.2) is 0 Å². The minimum Gasteiger partial charge on any atom is -0.481 e. The summed E-state index contributed by atoms with van der Waals surface area (Å²) in [6, 6.07) is 7.52. The maximum absolute atomic E-state index is 12.4. The lowest BCUT2D eigenvalue weighted by Crippen LogP contribution is -2.33. The Balaban J connectivity index is 1.78. The molecule has 1 saturated carbocycles. The minimum absolute atomic E-state index is 0.0717. The number of hydrogen-bond acceptors (Lipinski definition) is 3. The molecule has 21 heavy (non-hydrogen) atoms. The molecule has 1 aromatic heterocycles. The van der Waals surface area contributed by atoms with Crippen molar-refractivity contribution in [2.24, 2.45) is 5.92 Å². The maximum Gasteiger partial charge on any atom is 0.306 e. The van der Waals surface area contributed by atoms with Gasteiger partial charge >= 0.3 is 5.97 Å². The Morgan fingerprint density at radius 3 is 2.76 bits per heavy atom. The van der Waals surface area contributed by atoms with Crippen molar-refractivity contribution in [2.45, 2.75) is 25.3 Å². The van der Waals surface area contributed by atoms with E-state index < -0.39 is 5.97 Å². The summed E-state index contributed by atoms with van der Waals surface area (Å²) in [5.41, 5.74) is 0.534. The van der Waals surface area contributed by atoms with Crippen molar-refractivity contribution < 1.29 is 14.7 Å². The Bertz CT molecular complexity index is 693. The second-order valence-corrected chi connectivity index (χ2v) is 5.43. The quantitative estimate of drug-likeness (QED) is 0.905. The van der Waals surface area contributed by atoms with Crippen molar-refractivity contribution in [3.8, 4) is 0 Å². The van der Waals surface area contributed by atoms with E-state index in [2.05, 4.69) is 10.3 Å². The maximum atomic E-state index is 12.4. The number of aromatic nitrogens is 1. The lowest BCUT2D eigenvalue weighted by molar-refractivity contribution is -0.141. The molecule has 0 bridgehead atoms. The van der Waals surface area contributed by atoms with Crippen LogP contribution in [-0.2, 0) is 4.79 Å².